The third-order valence-corrected chi connectivity index (χ3v) is 3.52. The first-order chi connectivity index (χ1) is 10.5. The van der Waals surface area contributed by atoms with E-state index in [1.54, 1.807) is 0 Å². The number of ether oxygens (including phenoxy) is 1. The van der Waals surface area contributed by atoms with Gasteiger partial charge in [-0.3, -0.25) is 4.79 Å². The van der Waals surface area contributed by atoms with Gasteiger partial charge in [-0.2, -0.15) is 0 Å². The number of hydrogen-bond acceptors (Lipinski definition) is 3. The molecule has 1 heterocycles. The van der Waals surface area contributed by atoms with Crippen molar-refractivity contribution in [2.75, 3.05) is 7.11 Å². The van der Waals surface area contributed by atoms with Gasteiger partial charge in [-0.15, -0.1) is 0 Å². The van der Waals surface area contributed by atoms with E-state index in [0.717, 1.165) is 10.9 Å². The minimum absolute atomic E-state index is 0.180. The number of amides is 1. The molecule has 0 aliphatic heterocycles. The van der Waals surface area contributed by atoms with Crippen LogP contribution in [0, 0.1) is 5.92 Å². The summed E-state index contributed by atoms with van der Waals surface area (Å²) >= 11 is 0. The fourth-order valence-electron chi connectivity index (χ4n) is 2.50. The van der Waals surface area contributed by atoms with Crippen molar-refractivity contribution in [2.45, 2.75) is 32.9 Å². The number of fused-ring (bicyclic) bond motifs is 1. The van der Waals surface area contributed by atoms with Gasteiger partial charge in [0.05, 0.1) is 7.11 Å². The summed E-state index contributed by atoms with van der Waals surface area (Å²) in [4.78, 5) is 24.0. The lowest BCUT2D eigenvalue weighted by Crippen LogP contribution is -2.43. The van der Waals surface area contributed by atoms with Crippen molar-refractivity contribution >= 4 is 22.8 Å². The number of aromatic nitrogens is 1. The van der Waals surface area contributed by atoms with E-state index in [0.29, 0.717) is 6.42 Å². The Bertz CT molecular complexity index is 661. The van der Waals surface area contributed by atoms with Crippen LogP contribution in [0.25, 0.3) is 10.9 Å². The molecule has 2 rings (SSSR count). The van der Waals surface area contributed by atoms with Crippen LogP contribution >= 0.6 is 0 Å². The van der Waals surface area contributed by atoms with Gasteiger partial charge in [-0.05, 0) is 29.9 Å². The van der Waals surface area contributed by atoms with Crippen molar-refractivity contribution < 1.29 is 14.3 Å². The SMILES string of the molecule is COC(=O)C(CC(C)C)NC(=O)Cn1ccc2ccccc21. The van der Waals surface area contributed by atoms with Crippen LogP contribution in [-0.4, -0.2) is 29.6 Å². The van der Waals surface area contributed by atoms with Gasteiger partial charge in [-0.1, -0.05) is 32.0 Å². The molecule has 1 amide bonds. The summed E-state index contributed by atoms with van der Waals surface area (Å²) < 4.78 is 6.63. The second-order valence-corrected chi connectivity index (χ2v) is 5.78. The predicted molar refractivity (Wildman–Crippen MR) is 85.3 cm³/mol. The van der Waals surface area contributed by atoms with Crippen molar-refractivity contribution in [1.82, 2.24) is 9.88 Å². The molecule has 0 spiro atoms. The molecule has 2 aromatic rings. The lowest BCUT2D eigenvalue weighted by atomic mass is 10.0. The molecule has 1 N–H and O–H groups in total. The maximum atomic E-state index is 12.2. The molecule has 5 heteroatoms. The van der Waals surface area contributed by atoms with Gasteiger partial charge in [0, 0.05) is 11.7 Å². The number of carbonyl (C=O) groups excluding carboxylic acids is 2. The van der Waals surface area contributed by atoms with Gasteiger partial charge in [0.15, 0.2) is 0 Å². The van der Waals surface area contributed by atoms with E-state index in [1.165, 1.54) is 7.11 Å². The van der Waals surface area contributed by atoms with E-state index in [9.17, 15) is 9.59 Å². The Morgan fingerprint density at radius 2 is 1.95 bits per heavy atom. The monoisotopic (exact) mass is 302 g/mol. The number of rotatable bonds is 6. The highest BCUT2D eigenvalue weighted by molar-refractivity contribution is 5.86. The minimum Gasteiger partial charge on any atom is -0.467 e. The fraction of sp³-hybridized carbons (Fsp3) is 0.412. The van der Waals surface area contributed by atoms with Crippen LogP contribution in [0.5, 0.6) is 0 Å². The first kappa shape index (κ1) is 16.1. The molecule has 0 aliphatic rings. The standard InChI is InChI=1S/C17H22N2O3/c1-12(2)10-14(17(21)22-3)18-16(20)11-19-9-8-13-6-4-5-7-15(13)19/h4-9,12,14H,10-11H2,1-3H3,(H,18,20). The van der Waals surface area contributed by atoms with Crippen molar-refractivity contribution in [3.63, 3.8) is 0 Å². The molecule has 22 heavy (non-hydrogen) atoms. The summed E-state index contributed by atoms with van der Waals surface area (Å²) in [6, 6.07) is 9.23. The van der Waals surface area contributed by atoms with Crippen molar-refractivity contribution in [3.05, 3.63) is 36.5 Å². The van der Waals surface area contributed by atoms with Gasteiger partial charge in [0.1, 0.15) is 12.6 Å². The third-order valence-electron chi connectivity index (χ3n) is 3.52. The molecular formula is C17H22N2O3. The highest BCUT2D eigenvalue weighted by Gasteiger charge is 2.22. The largest absolute Gasteiger partial charge is 0.467 e. The number of benzene rings is 1. The van der Waals surface area contributed by atoms with E-state index in [2.05, 4.69) is 5.32 Å². The van der Waals surface area contributed by atoms with E-state index < -0.39 is 12.0 Å². The molecule has 0 radical (unpaired) electrons. The predicted octanol–water partition coefficient (Wildman–Crippen LogP) is 2.35. The van der Waals surface area contributed by atoms with Gasteiger partial charge < -0.3 is 14.6 Å². The van der Waals surface area contributed by atoms with Crippen molar-refractivity contribution in [2.24, 2.45) is 5.92 Å². The summed E-state index contributed by atoms with van der Waals surface area (Å²) in [6.45, 7) is 4.18. The molecule has 0 bridgehead atoms. The van der Waals surface area contributed by atoms with E-state index >= 15 is 0 Å². The van der Waals surface area contributed by atoms with Crippen LogP contribution in [0.4, 0.5) is 0 Å². The van der Waals surface area contributed by atoms with Crippen LogP contribution in [0.15, 0.2) is 36.5 Å². The van der Waals surface area contributed by atoms with Gasteiger partial charge in [0.2, 0.25) is 5.91 Å². The topological polar surface area (TPSA) is 60.3 Å². The molecule has 1 aromatic carbocycles. The molecule has 5 nitrogen and oxygen atoms in total. The van der Waals surface area contributed by atoms with E-state index in [-0.39, 0.29) is 18.4 Å². The Morgan fingerprint density at radius 3 is 2.64 bits per heavy atom. The third kappa shape index (κ3) is 3.87. The Labute approximate surface area is 130 Å². The second-order valence-electron chi connectivity index (χ2n) is 5.78. The lowest BCUT2D eigenvalue weighted by Gasteiger charge is -2.18. The van der Waals surface area contributed by atoms with E-state index in [1.807, 2.05) is 54.9 Å². The Morgan fingerprint density at radius 1 is 1.23 bits per heavy atom. The Kier molecular flexibility index (Phi) is 5.20. The first-order valence-corrected chi connectivity index (χ1v) is 7.42. The van der Waals surface area contributed by atoms with Gasteiger partial charge >= 0.3 is 5.97 Å². The minimum atomic E-state index is -0.598. The molecular weight excluding hydrogens is 280 g/mol. The molecule has 1 atom stereocenters. The summed E-state index contributed by atoms with van der Waals surface area (Å²) in [5.74, 6) is -0.311. The summed E-state index contributed by atoms with van der Waals surface area (Å²) in [5, 5.41) is 3.85. The van der Waals surface area contributed by atoms with Crippen LogP contribution in [-0.2, 0) is 20.9 Å². The number of nitrogens with zero attached hydrogens (tertiary/aromatic N) is 1. The second kappa shape index (κ2) is 7.11. The number of hydrogen-bond donors (Lipinski definition) is 1. The zero-order chi connectivity index (χ0) is 16.1. The molecule has 0 saturated heterocycles. The zero-order valence-corrected chi connectivity index (χ0v) is 13.2. The van der Waals surface area contributed by atoms with Gasteiger partial charge in [-0.25, -0.2) is 4.79 Å². The zero-order valence-electron chi connectivity index (χ0n) is 13.2. The van der Waals surface area contributed by atoms with Crippen LogP contribution in [0.1, 0.15) is 20.3 Å². The van der Waals surface area contributed by atoms with Gasteiger partial charge in [0.25, 0.3) is 0 Å². The highest BCUT2D eigenvalue weighted by atomic mass is 16.5. The molecule has 0 saturated carbocycles. The summed E-state index contributed by atoms with van der Waals surface area (Å²) in [6.07, 6.45) is 2.44. The van der Waals surface area contributed by atoms with Crippen molar-refractivity contribution in [3.8, 4) is 0 Å². The molecule has 1 aromatic heterocycles. The number of methoxy groups -OCH3 is 1. The molecule has 0 aliphatic carbocycles. The van der Waals surface area contributed by atoms with Crippen LogP contribution in [0.3, 0.4) is 0 Å². The maximum absolute atomic E-state index is 12.2. The maximum Gasteiger partial charge on any atom is 0.328 e. The van der Waals surface area contributed by atoms with E-state index in [4.69, 9.17) is 4.74 Å². The number of carbonyl (C=O) groups is 2. The molecule has 1 unspecified atom stereocenters. The number of nitrogens with one attached hydrogen (secondary N) is 1. The smallest absolute Gasteiger partial charge is 0.328 e. The first-order valence-electron chi connectivity index (χ1n) is 7.42. The van der Waals surface area contributed by atoms with Crippen molar-refractivity contribution in [1.29, 1.82) is 0 Å². The lowest BCUT2D eigenvalue weighted by molar-refractivity contribution is -0.145. The summed E-state index contributed by atoms with van der Waals surface area (Å²) in [5.41, 5.74) is 0.996. The normalized spacial score (nSPS) is 12.4. The van der Waals surface area contributed by atoms with Crippen LogP contribution in [0.2, 0.25) is 0 Å². The number of esters is 1. The fourth-order valence-corrected chi connectivity index (χ4v) is 2.50. The molecule has 0 fully saturated rings. The average Bonchev–Trinajstić information content (AvgIpc) is 2.88. The average molecular weight is 302 g/mol. The van der Waals surface area contributed by atoms with Crippen LogP contribution < -0.4 is 5.32 Å². The quantitative estimate of drug-likeness (QED) is 0.833. The number of para-hydroxylation sites is 1. The highest BCUT2D eigenvalue weighted by Crippen LogP contribution is 2.15. The Hall–Kier alpha value is -2.30. The summed E-state index contributed by atoms with van der Waals surface area (Å²) in [7, 11) is 1.33. The molecule has 118 valence electrons. The Balaban J connectivity index is 2.06.